The van der Waals surface area contributed by atoms with Gasteiger partial charge in [-0.3, -0.25) is 0 Å². The van der Waals surface area contributed by atoms with Gasteiger partial charge in [0.1, 0.15) is 5.56 Å². The SMILES string of the molecule is CCCCCCCCCOc1c(OCCCCCc2ccccc2)ccc(C(=O)O)c1C(=O)O. The summed E-state index contributed by atoms with van der Waals surface area (Å²) in [7, 11) is 0. The van der Waals surface area contributed by atoms with E-state index in [-0.39, 0.29) is 22.6 Å². The van der Waals surface area contributed by atoms with Gasteiger partial charge >= 0.3 is 11.9 Å². The van der Waals surface area contributed by atoms with Crippen LogP contribution in [-0.4, -0.2) is 35.4 Å². The van der Waals surface area contributed by atoms with Crippen molar-refractivity contribution in [2.75, 3.05) is 13.2 Å². The smallest absolute Gasteiger partial charge is 0.340 e. The Morgan fingerprint density at radius 1 is 0.706 bits per heavy atom. The summed E-state index contributed by atoms with van der Waals surface area (Å²) in [6, 6.07) is 13.1. The van der Waals surface area contributed by atoms with Crippen molar-refractivity contribution in [2.45, 2.75) is 77.6 Å². The molecule has 186 valence electrons. The highest BCUT2D eigenvalue weighted by Crippen LogP contribution is 2.35. The molecular formula is C28H38O6. The number of hydrogen-bond donors (Lipinski definition) is 2. The molecule has 0 atom stereocenters. The third-order valence-electron chi connectivity index (χ3n) is 5.77. The first kappa shape index (κ1) is 27.2. The van der Waals surface area contributed by atoms with Gasteiger partial charge in [-0.25, -0.2) is 9.59 Å². The van der Waals surface area contributed by atoms with Crippen LogP contribution in [0, 0.1) is 0 Å². The summed E-state index contributed by atoms with van der Waals surface area (Å²) < 4.78 is 11.7. The van der Waals surface area contributed by atoms with Crippen molar-refractivity contribution in [1.82, 2.24) is 0 Å². The van der Waals surface area contributed by atoms with Crippen molar-refractivity contribution >= 4 is 11.9 Å². The first-order valence-corrected chi connectivity index (χ1v) is 12.5. The number of aryl methyl sites for hydroxylation is 1. The topological polar surface area (TPSA) is 93.1 Å². The van der Waals surface area contributed by atoms with E-state index in [2.05, 4.69) is 19.1 Å². The monoisotopic (exact) mass is 470 g/mol. The van der Waals surface area contributed by atoms with Crippen LogP contribution in [0.1, 0.15) is 97.4 Å². The molecule has 2 rings (SSSR count). The molecule has 2 aromatic rings. The molecule has 2 N–H and O–H groups in total. The van der Waals surface area contributed by atoms with Crippen LogP contribution in [0.4, 0.5) is 0 Å². The molecule has 6 nitrogen and oxygen atoms in total. The molecule has 0 unspecified atom stereocenters. The second-order valence-corrected chi connectivity index (χ2v) is 8.54. The summed E-state index contributed by atoms with van der Waals surface area (Å²) >= 11 is 0. The molecule has 0 saturated carbocycles. The van der Waals surface area contributed by atoms with Gasteiger partial charge in [-0.05, 0) is 49.8 Å². The Hall–Kier alpha value is -3.02. The molecular weight excluding hydrogens is 432 g/mol. The molecule has 6 heteroatoms. The molecule has 0 amide bonds. The van der Waals surface area contributed by atoms with Gasteiger partial charge < -0.3 is 19.7 Å². The van der Waals surface area contributed by atoms with Crippen LogP contribution in [-0.2, 0) is 6.42 Å². The van der Waals surface area contributed by atoms with E-state index in [1.807, 2.05) is 18.2 Å². The number of ether oxygens (including phenoxy) is 2. The highest BCUT2D eigenvalue weighted by Gasteiger charge is 2.25. The maximum absolute atomic E-state index is 11.9. The number of carboxylic acid groups (broad SMARTS) is 2. The summed E-state index contributed by atoms with van der Waals surface area (Å²) in [5, 5.41) is 19.1. The Kier molecular flexibility index (Phi) is 12.6. The van der Waals surface area contributed by atoms with Gasteiger partial charge in [-0.15, -0.1) is 0 Å². The van der Waals surface area contributed by atoms with Gasteiger partial charge in [0, 0.05) is 0 Å². The average molecular weight is 471 g/mol. The Bertz CT molecular complexity index is 878. The van der Waals surface area contributed by atoms with Crippen LogP contribution in [0.2, 0.25) is 0 Å². The molecule has 2 aromatic carbocycles. The van der Waals surface area contributed by atoms with Crippen LogP contribution in [0.5, 0.6) is 11.5 Å². The molecule has 0 aliphatic heterocycles. The van der Waals surface area contributed by atoms with Crippen molar-refractivity contribution in [3.63, 3.8) is 0 Å². The number of unbranched alkanes of at least 4 members (excludes halogenated alkanes) is 8. The van der Waals surface area contributed by atoms with Gasteiger partial charge in [-0.2, -0.15) is 0 Å². The highest BCUT2D eigenvalue weighted by molar-refractivity contribution is 6.04. The van der Waals surface area contributed by atoms with E-state index in [9.17, 15) is 19.8 Å². The Morgan fingerprint density at radius 3 is 1.97 bits per heavy atom. The summed E-state index contributed by atoms with van der Waals surface area (Å²) in [6.45, 7) is 2.92. The van der Waals surface area contributed by atoms with E-state index in [1.54, 1.807) is 0 Å². The first-order valence-electron chi connectivity index (χ1n) is 12.5. The molecule has 0 spiro atoms. The summed E-state index contributed by atoms with van der Waals surface area (Å²) in [5.74, 6) is -2.33. The van der Waals surface area contributed by atoms with Gasteiger partial charge in [0.05, 0.1) is 18.8 Å². The Labute approximate surface area is 202 Å². The van der Waals surface area contributed by atoms with E-state index in [4.69, 9.17) is 9.47 Å². The van der Waals surface area contributed by atoms with E-state index in [1.165, 1.54) is 43.4 Å². The van der Waals surface area contributed by atoms with E-state index in [0.29, 0.717) is 13.2 Å². The second kappa shape index (κ2) is 15.8. The average Bonchev–Trinajstić information content (AvgIpc) is 2.83. The third kappa shape index (κ3) is 9.46. The molecule has 0 aromatic heterocycles. The minimum absolute atomic E-state index is 0.0164. The summed E-state index contributed by atoms with van der Waals surface area (Å²) in [5.41, 5.74) is 0.661. The molecule has 0 fully saturated rings. The zero-order chi connectivity index (χ0) is 24.6. The maximum atomic E-state index is 11.9. The molecule has 0 bridgehead atoms. The number of carbonyl (C=O) groups is 2. The van der Waals surface area contributed by atoms with Crippen molar-refractivity contribution in [2.24, 2.45) is 0 Å². The minimum atomic E-state index is -1.33. The number of hydrogen-bond acceptors (Lipinski definition) is 4. The van der Waals surface area contributed by atoms with Crippen LogP contribution in [0.15, 0.2) is 42.5 Å². The lowest BCUT2D eigenvalue weighted by Crippen LogP contribution is -2.13. The van der Waals surface area contributed by atoms with E-state index in [0.717, 1.165) is 44.9 Å². The zero-order valence-electron chi connectivity index (χ0n) is 20.3. The van der Waals surface area contributed by atoms with Gasteiger partial charge in [0.2, 0.25) is 0 Å². The number of aromatic carboxylic acids is 2. The highest BCUT2D eigenvalue weighted by atomic mass is 16.5. The summed E-state index contributed by atoms with van der Waals surface area (Å²) in [4.78, 5) is 23.5. The predicted molar refractivity (Wildman–Crippen MR) is 133 cm³/mol. The Balaban J connectivity index is 1.92. The number of rotatable bonds is 18. The molecule has 0 heterocycles. The van der Waals surface area contributed by atoms with Crippen molar-refractivity contribution in [3.8, 4) is 11.5 Å². The lowest BCUT2D eigenvalue weighted by atomic mass is 10.1. The summed E-state index contributed by atoms with van der Waals surface area (Å²) in [6.07, 6.45) is 11.6. The fourth-order valence-electron chi connectivity index (χ4n) is 3.88. The molecule has 0 radical (unpaired) electrons. The molecule has 0 saturated heterocycles. The second-order valence-electron chi connectivity index (χ2n) is 8.54. The van der Waals surface area contributed by atoms with Crippen LogP contribution in [0.25, 0.3) is 0 Å². The Morgan fingerprint density at radius 2 is 1.32 bits per heavy atom. The van der Waals surface area contributed by atoms with Crippen LogP contribution in [0.3, 0.4) is 0 Å². The number of benzene rings is 2. The molecule has 34 heavy (non-hydrogen) atoms. The first-order chi connectivity index (χ1) is 16.5. The van der Waals surface area contributed by atoms with Crippen LogP contribution < -0.4 is 9.47 Å². The lowest BCUT2D eigenvalue weighted by Gasteiger charge is -2.16. The number of carboxylic acids is 2. The molecule has 0 aliphatic carbocycles. The molecule has 0 aliphatic rings. The zero-order valence-corrected chi connectivity index (χ0v) is 20.3. The standard InChI is InChI=1S/C28H38O6/c1-2-3-4-5-6-7-13-21-34-26-24(19-18-23(27(29)30)25(26)28(31)32)33-20-14-9-12-17-22-15-10-8-11-16-22/h8,10-11,15-16,18-19H,2-7,9,12-14,17,20-21H2,1H3,(H,29,30)(H,31,32). The fourth-order valence-corrected chi connectivity index (χ4v) is 3.88. The van der Waals surface area contributed by atoms with E-state index < -0.39 is 11.9 Å². The minimum Gasteiger partial charge on any atom is -0.490 e. The van der Waals surface area contributed by atoms with Gasteiger partial charge in [-0.1, -0.05) is 75.8 Å². The largest absolute Gasteiger partial charge is 0.490 e. The van der Waals surface area contributed by atoms with E-state index >= 15 is 0 Å². The lowest BCUT2D eigenvalue weighted by molar-refractivity contribution is 0.0646. The van der Waals surface area contributed by atoms with Crippen molar-refractivity contribution in [3.05, 3.63) is 59.2 Å². The predicted octanol–water partition coefficient (Wildman–Crippen LogP) is 7.00. The fraction of sp³-hybridized carbons (Fsp3) is 0.500. The van der Waals surface area contributed by atoms with Gasteiger partial charge in [0.15, 0.2) is 11.5 Å². The third-order valence-corrected chi connectivity index (χ3v) is 5.77. The normalized spacial score (nSPS) is 10.7. The van der Waals surface area contributed by atoms with Gasteiger partial charge in [0.25, 0.3) is 0 Å². The maximum Gasteiger partial charge on any atom is 0.340 e. The van der Waals surface area contributed by atoms with Crippen LogP contribution >= 0.6 is 0 Å². The van der Waals surface area contributed by atoms with Crippen molar-refractivity contribution < 1.29 is 29.3 Å². The van der Waals surface area contributed by atoms with Crippen molar-refractivity contribution in [1.29, 1.82) is 0 Å². The quantitative estimate of drug-likeness (QED) is 0.228.